The first kappa shape index (κ1) is 17.2. The lowest BCUT2D eigenvalue weighted by Gasteiger charge is -2.26. The quantitative estimate of drug-likeness (QED) is 0.851. The third-order valence-corrected chi connectivity index (χ3v) is 3.87. The number of rotatable bonds is 3. The minimum Gasteiger partial charge on any atom is -0.352 e. The number of pyridine rings is 1. The Bertz CT molecular complexity index is 513. The van der Waals surface area contributed by atoms with Crippen LogP contribution in [0, 0.1) is 0 Å². The van der Waals surface area contributed by atoms with Crippen LogP contribution in [0.5, 0.6) is 0 Å². The highest BCUT2D eigenvalue weighted by atomic mass is 79.9. The summed E-state index contributed by atoms with van der Waals surface area (Å²) in [6, 6.07) is 3.56. The van der Waals surface area contributed by atoms with Crippen LogP contribution in [0.3, 0.4) is 0 Å². The van der Waals surface area contributed by atoms with Crippen molar-refractivity contribution >= 4 is 34.2 Å². The van der Waals surface area contributed by atoms with E-state index in [4.69, 9.17) is 5.73 Å². The zero-order valence-corrected chi connectivity index (χ0v) is 13.5. The van der Waals surface area contributed by atoms with Crippen molar-refractivity contribution in [1.29, 1.82) is 0 Å². The summed E-state index contributed by atoms with van der Waals surface area (Å²) in [5.74, 6) is -0.124. The number of halogens is 2. The van der Waals surface area contributed by atoms with Gasteiger partial charge < -0.3 is 15.6 Å². The smallest absolute Gasteiger partial charge is 0.251 e. The number of hydrogen-bond acceptors (Lipinski definition) is 3. The molecule has 7 heteroatoms. The van der Waals surface area contributed by atoms with E-state index in [1.54, 1.807) is 12.3 Å². The average Bonchev–Trinajstić information content (AvgIpc) is 2.37. The second-order valence-corrected chi connectivity index (χ2v) is 5.91. The van der Waals surface area contributed by atoms with E-state index in [1.165, 1.54) is 10.6 Å². The van der Waals surface area contributed by atoms with Crippen molar-refractivity contribution < 1.29 is 4.79 Å². The fourth-order valence-electron chi connectivity index (χ4n) is 2.32. The fourth-order valence-corrected chi connectivity index (χ4v) is 2.70. The predicted molar refractivity (Wildman–Crippen MR) is 84.0 cm³/mol. The Morgan fingerprint density at radius 3 is 2.65 bits per heavy atom. The monoisotopic (exact) mass is 363 g/mol. The molecule has 1 amide bonds. The Hall–Kier alpha value is -0.850. The molecule has 1 aliphatic rings. The lowest BCUT2D eigenvalue weighted by atomic mass is 9.92. The van der Waals surface area contributed by atoms with Gasteiger partial charge in [-0.15, -0.1) is 12.4 Å². The third-order valence-electron chi connectivity index (χ3n) is 3.40. The van der Waals surface area contributed by atoms with Crippen LogP contribution in [0.1, 0.15) is 25.7 Å². The molecule has 112 valence electrons. The molecule has 20 heavy (non-hydrogen) atoms. The Morgan fingerprint density at radius 1 is 1.35 bits per heavy atom. The molecule has 0 radical (unpaired) electrons. The molecule has 0 atom stereocenters. The highest BCUT2D eigenvalue weighted by Crippen LogP contribution is 2.16. The van der Waals surface area contributed by atoms with E-state index in [0.717, 1.165) is 30.2 Å². The summed E-state index contributed by atoms with van der Waals surface area (Å²) in [6.07, 6.45) is 5.35. The highest BCUT2D eigenvalue weighted by molar-refractivity contribution is 9.10. The minimum atomic E-state index is -0.177. The lowest BCUT2D eigenvalue weighted by Crippen LogP contribution is -2.42. The van der Waals surface area contributed by atoms with Gasteiger partial charge in [-0.1, -0.05) is 0 Å². The van der Waals surface area contributed by atoms with E-state index in [9.17, 15) is 9.59 Å². The molecular weight excluding hydrogens is 346 g/mol. The van der Waals surface area contributed by atoms with Crippen molar-refractivity contribution in [2.24, 2.45) is 5.73 Å². The topological polar surface area (TPSA) is 77.1 Å². The highest BCUT2D eigenvalue weighted by Gasteiger charge is 2.20. The van der Waals surface area contributed by atoms with Crippen LogP contribution >= 0.6 is 28.3 Å². The maximum absolute atomic E-state index is 11.9. The van der Waals surface area contributed by atoms with Crippen molar-refractivity contribution in [2.45, 2.75) is 44.3 Å². The normalized spacial score (nSPS) is 21.9. The number of carbonyl (C=O) groups is 1. The zero-order chi connectivity index (χ0) is 13.8. The first-order chi connectivity index (χ1) is 9.04. The van der Waals surface area contributed by atoms with Crippen LogP contribution in [0.25, 0.3) is 0 Å². The average molecular weight is 365 g/mol. The molecule has 0 aromatic carbocycles. The molecule has 1 aliphatic carbocycles. The molecule has 1 saturated carbocycles. The minimum absolute atomic E-state index is 0. The molecule has 1 aromatic heterocycles. The maximum Gasteiger partial charge on any atom is 0.251 e. The van der Waals surface area contributed by atoms with Gasteiger partial charge in [0.25, 0.3) is 5.56 Å². The molecule has 0 bridgehead atoms. The molecule has 0 spiro atoms. The molecule has 0 unspecified atom stereocenters. The first-order valence-corrected chi connectivity index (χ1v) is 7.25. The van der Waals surface area contributed by atoms with E-state index in [-0.39, 0.29) is 42.5 Å². The Morgan fingerprint density at radius 2 is 2.00 bits per heavy atom. The molecule has 0 saturated heterocycles. The van der Waals surface area contributed by atoms with Crippen LogP contribution < -0.4 is 16.6 Å². The number of carbonyl (C=O) groups excluding carboxylic acids is 1. The van der Waals surface area contributed by atoms with E-state index < -0.39 is 0 Å². The van der Waals surface area contributed by atoms with Gasteiger partial charge in [-0.3, -0.25) is 9.59 Å². The Balaban J connectivity index is 0.00000200. The van der Waals surface area contributed by atoms with Gasteiger partial charge in [0.1, 0.15) is 6.54 Å². The van der Waals surface area contributed by atoms with Crippen LogP contribution in [0.4, 0.5) is 0 Å². The van der Waals surface area contributed by atoms with Gasteiger partial charge >= 0.3 is 0 Å². The summed E-state index contributed by atoms with van der Waals surface area (Å²) < 4.78 is 2.18. The third kappa shape index (κ3) is 4.92. The van der Waals surface area contributed by atoms with Gasteiger partial charge in [0.15, 0.2) is 0 Å². The van der Waals surface area contributed by atoms with Crippen LogP contribution in [-0.4, -0.2) is 22.6 Å². The fraction of sp³-hybridized carbons (Fsp3) is 0.538. The molecular formula is C13H19BrClN3O2. The Labute approximate surface area is 132 Å². The van der Waals surface area contributed by atoms with Gasteiger partial charge in [-0.2, -0.15) is 0 Å². The van der Waals surface area contributed by atoms with Crippen molar-refractivity contribution in [3.05, 3.63) is 33.2 Å². The van der Waals surface area contributed by atoms with Crippen molar-refractivity contribution in [1.82, 2.24) is 9.88 Å². The summed E-state index contributed by atoms with van der Waals surface area (Å²) in [7, 11) is 0. The zero-order valence-electron chi connectivity index (χ0n) is 11.0. The molecule has 2 rings (SSSR count). The summed E-state index contributed by atoms with van der Waals surface area (Å²) in [5.41, 5.74) is 5.65. The second kappa shape index (κ2) is 7.81. The lowest BCUT2D eigenvalue weighted by molar-refractivity contribution is -0.122. The van der Waals surface area contributed by atoms with E-state index in [0.29, 0.717) is 0 Å². The summed E-state index contributed by atoms with van der Waals surface area (Å²) in [6.45, 7) is 0.0564. The van der Waals surface area contributed by atoms with E-state index in [1.807, 2.05) is 0 Å². The van der Waals surface area contributed by atoms with Crippen molar-refractivity contribution in [3.63, 3.8) is 0 Å². The number of aromatic nitrogens is 1. The van der Waals surface area contributed by atoms with Crippen LogP contribution in [0.15, 0.2) is 27.6 Å². The SMILES string of the molecule is Cl.NC1CCC(NC(=O)Cn2cc(Br)ccc2=O)CC1. The number of amides is 1. The van der Waals surface area contributed by atoms with E-state index in [2.05, 4.69) is 21.2 Å². The van der Waals surface area contributed by atoms with Gasteiger partial charge in [-0.05, 0) is 47.7 Å². The molecule has 3 N–H and O–H groups in total. The molecule has 1 aromatic rings. The van der Waals surface area contributed by atoms with Gasteiger partial charge in [0.05, 0.1) is 0 Å². The molecule has 1 fully saturated rings. The first-order valence-electron chi connectivity index (χ1n) is 6.45. The summed E-state index contributed by atoms with van der Waals surface area (Å²) in [4.78, 5) is 23.5. The molecule has 5 nitrogen and oxygen atoms in total. The van der Waals surface area contributed by atoms with Crippen molar-refractivity contribution in [2.75, 3.05) is 0 Å². The van der Waals surface area contributed by atoms with Gasteiger partial charge in [-0.25, -0.2) is 0 Å². The standard InChI is InChI=1S/C13H18BrN3O2.ClH/c14-9-1-6-13(19)17(7-9)8-12(18)16-11-4-2-10(15)3-5-11;/h1,6-7,10-11H,2-5,8,15H2,(H,16,18);1H. The number of hydrogen-bond donors (Lipinski definition) is 2. The van der Waals surface area contributed by atoms with Crippen molar-refractivity contribution in [3.8, 4) is 0 Å². The van der Waals surface area contributed by atoms with Gasteiger partial charge in [0, 0.05) is 28.8 Å². The number of nitrogens with one attached hydrogen (secondary N) is 1. The molecule has 1 heterocycles. The molecule has 0 aliphatic heterocycles. The Kier molecular flexibility index (Phi) is 6.71. The summed E-state index contributed by atoms with van der Waals surface area (Å²) >= 11 is 3.29. The van der Waals surface area contributed by atoms with Gasteiger partial charge in [0.2, 0.25) is 5.91 Å². The maximum atomic E-state index is 11.9. The van der Waals surface area contributed by atoms with E-state index >= 15 is 0 Å². The number of nitrogens with two attached hydrogens (primary N) is 1. The van der Waals surface area contributed by atoms with Crippen LogP contribution in [-0.2, 0) is 11.3 Å². The van der Waals surface area contributed by atoms with Crippen LogP contribution in [0.2, 0.25) is 0 Å². The second-order valence-electron chi connectivity index (χ2n) is 4.99. The summed E-state index contributed by atoms with van der Waals surface area (Å²) in [5, 5.41) is 2.97. The largest absolute Gasteiger partial charge is 0.352 e. The predicted octanol–water partition coefficient (Wildman–Crippen LogP) is 1.42. The number of nitrogens with zero attached hydrogens (tertiary/aromatic N) is 1.